The van der Waals surface area contributed by atoms with Gasteiger partial charge in [0.25, 0.3) is 0 Å². The van der Waals surface area contributed by atoms with Gasteiger partial charge in [-0.3, -0.25) is 9.59 Å². The van der Waals surface area contributed by atoms with Crippen LogP contribution in [-0.2, 0) is 20.8 Å². The van der Waals surface area contributed by atoms with Gasteiger partial charge in [0.05, 0.1) is 31.5 Å². The van der Waals surface area contributed by atoms with Crippen LogP contribution >= 0.6 is 0 Å². The summed E-state index contributed by atoms with van der Waals surface area (Å²) in [5, 5.41) is 13.7. The Morgan fingerprint density at radius 3 is 2.40 bits per heavy atom. The number of carbonyl (C=O) groups excluding carboxylic acids is 2. The van der Waals surface area contributed by atoms with E-state index in [1.807, 2.05) is 50.4 Å². The van der Waals surface area contributed by atoms with E-state index in [2.05, 4.69) is 45.6 Å². The molecule has 0 aliphatic carbocycles. The number of aromatic amines is 2. The molecule has 0 saturated heterocycles. The number of fused-ring (bicyclic) bond motifs is 2. The number of amides is 1. The summed E-state index contributed by atoms with van der Waals surface area (Å²) in [6.07, 6.45) is 1.62. The number of carboxylic acids is 1. The van der Waals surface area contributed by atoms with E-state index in [-0.39, 0.29) is 18.4 Å². The standard InChI is InChI=1S/C34H38N4O3.C2HF3O2/c1-4-26(39)12-6-5-7-13-31(34-35-21-32(38-34)25-15-14-23-10-8-9-11-24(23)18-25)37-33(40)20-28-22(2)36-30-17-16-27(41-3)19-29(28)30;3-2(4,5)1(6)7/h8-11,14-19,21,31,36H,4-7,12-13,20H2,1-3H3,(H,35,38)(H,37,40);(H,6,7)/t31-;/m1./s1. The van der Waals surface area contributed by atoms with Crippen molar-refractivity contribution < 1.29 is 37.4 Å². The maximum absolute atomic E-state index is 13.4. The molecule has 0 aliphatic rings. The molecule has 0 radical (unpaired) electrons. The molecule has 2 heterocycles. The van der Waals surface area contributed by atoms with Crippen molar-refractivity contribution in [3.63, 3.8) is 0 Å². The quantitative estimate of drug-likeness (QED) is 0.0942. The van der Waals surface area contributed by atoms with Crippen LogP contribution in [0.2, 0.25) is 0 Å². The Hall–Kier alpha value is -5.13. The summed E-state index contributed by atoms with van der Waals surface area (Å²) < 4.78 is 37.2. The van der Waals surface area contributed by atoms with Gasteiger partial charge in [0.2, 0.25) is 5.91 Å². The monoisotopic (exact) mass is 664 g/mol. The Bertz CT molecular complexity index is 1880. The SMILES string of the molecule is CCC(=O)CCCCC[C@@H](NC(=O)Cc1c(C)[nH]c2ccc(OC)cc12)c1ncc(-c2ccc3ccccc3c2)[nH]1.O=C(O)C(F)(F)F. The number of hydrogen-bond donors (Lipinski definition) is 4. The number of alkyl halides is 3. The first-order chi connectivity index (χ1) is 22.9. The van der Waals surface area contributed by atoms with Gasteiger partial charge in [0.1, 0.15) is 17.4 Å². The van der Waals surface area contributed by atoms with Crippen LogP contribution in [0.15, 0.2) is 66.9 Å². The molecule has 254 valence electrons. The summed E-state index contributed by atoms with van der Waals surface area (Å²) in [6.45, 7) is 3.90. The number of nitrogens with zero attached hydrogens (tertiary/aromatic N) is 1. The lowest BCUT2D eigenvalue weighted by molar-refractivity contribution is -0.192. The number of H-pyrrole nitrogens is 2. The Balaban J connectivity index is 0.000000671. The van der Waals surface area contributed by atoms with E-state index in [4.69, 9.17) is 19.6 Å². The van der Waals surface area contributed by atoms with Crippen LogP contribution < -0.4 is 10.1 Å². The molecule has 0 saturated carbocycles. The molecule has 0 fully saturated rings. The van der Waals surface area contributed by atoms with Crippen LogP contribution in [-0.4, -0.2) is 51.0 Å². The van der Waals surface area contributed by atoms with Crippen LogP contribution in [0.1, 0.15) is 68.6 Å². The highest BCUT2D eigenvalue weighted by atomic mass is 19.4. The van der Waals surface area contributed by atoms with Gasteiger partial charge < -0.3 is 25.1 Å². The van der Waals surface area contributed by atoms with Gasteiger partial charge in [-0.05, 0) is 60.4 Å². The number of aromatic nitrogens is 3. The zero-order chi connectivity index (χ0) is 34.8. The smallest absolute Gasteiger partial charge is 0.490 e. The fourth-order valence-corrected chi connectivity index (χ4v) is 5.44. The minimum absolute atomic E-state index is 0.0633. The molecule has 1 atom stereocenters. The van der Waals surface area contributed by atoms with E-state index in [1.54, 1.807) is 7.11 Å². The van der Waals surface area contributed by atoms with Gasteiger partial charge in [-0.25, -0.2) is 9.78 Å². The normalized spacial score (nSPS) is 12.0. The van der Waals surface area contributed by atoms with Crippen LogP contribution in [0.25, 0.3) is 32.9 Å². The van der Waals surface area contributed by atoms with Gasteiger partial charge >= 0.3 is 12.1 Å². The van der Waals surface area contributed by atoms with Crippen molar-refractivity contribution in [2.24, 2.45) is 0 Å². The topological polar surface area (TPSA) is 137 Å². The second kappa shape index (κ2) is 16.1. The summed E-state index contributed by atoms with van der Waals surface area (Å²) in [5.74, 6) is -1.02. The number of rotatable bonds is 13. The molecule has 3 aromatic carbocycles. The number of unbranched alkanes of at least 4 members (excludes halogenated alkanes) is 2. The lowest BCUT2D eigenvalue weighted by Gasteiger charge is -2.17. The number of nitrogens with one attached hydrogen (secondary N) is 3. The first-order valence-electron chi connectivity index (χ1n) is 15.7. The second-order valence-corrected chi connectivity index (χ2v) is 11.5. The van der Waals surface area contributed by atoms with Crippen molar-refractivity contribution in [3.05, 3.63) is 83.9 Å². The summed E-state index contributed by atoms with van der Waals surface area (Å²) >= 11 is 0. The fraction of sp³-hybridized carbons (Fsp3) is 0.333. The minimum atomic E-state index is -5.08. The summed E-state index contributed by atoms with van der Waals surface area (Å²) in [7, 11) is 1.64. The van der Waals surface area contributed by atoms with E-state index < -0.39 is 12.1 Å². The van der Waals surface area contributed by atoms with Gasteiger partial charge in [-0.15, -0.1) is 0 Å². The van der Waals surface area contributed by atoms with Gasteiger partial charge in [0.15, 0.2) is 0 Å². The predicted octanol–water partition coefficient (Wildman–Crippen LogP) is 7.99. The van der Waals surface area contributed by atoms with Crippen molar-refractivity contribution >= 4 is 39.3 Å². The average Bonchev–Trinajstić information content (AvgIpc) is 3.68. The first-order valence-corrected chi connectivity index (χ1v) is 15.7. The van der Waals surface area contributed by atoms with Crippen molar-refractivity contribution in [2.45, 2.75) is 71.0 Å². The Labute approximate surface area is 275 Å². The number of benzene rings is 3. The first kappa shape index (κ1) is 35.7. The molecule has 4 N–H and O–H groups in total. The lowest BCUT2D eigenvalue weighted by atomic mass is 10.0. The number of carbonyl (C=O) groups is 3. The molecular formula is C36H39F3N4O5. The highest BCUT2D eigenvalue weighted by Crippen LogP contribution is 2.29. The number of carboxylic acid groups (broad SMARTS) is 1. The predicted molar refractivity (Wildman–Crippen MR) is 178 cm³/mol. The maximum atomic E-state index is 13.4. The molecule has 0 aliphatic heterocycles. The number of Topliss-reactive ketones (excluding diaryl/α,β-unsaturated/α-hetero) is 1. The van der Waals surface area contributed by atoms with Crippen molar-refractivity contribution in [1.29, 1.82) is 0 Å². The number of ketones is 1. The molecule has 0 spiro atoms. The van der Waals surface area contributed by atoms with Crippen LogP contribution in [0.4, 0.5) is 13.2 Å². The van der Waals surface area contributed by atoms with Crippen molar-refractivity contribution in [3.8, 4) is 17.0 Å². The van der Waals surface area contributed by atoms with Crippen LogP contribution in [0, 0.1) is 6.92 Å². The lowest BCUT2D eigenvalue weighted by Crippen LogP contribution is -2.30. The highest BCUT2D eigenvalue weighted by Gasteiger charge is 2.38. The molecule has 12 heteroatoms. The number of halogens is 3. The van der Waals surface area contributed by atoms with E-state index in [9.17, 15) is 22.8 Å². The number of aliphatic carboxylic acids is 1. The van der Waals surface area contributed by atoms with E-state index in [1.165, 1.54) is 10.8 Å². The molecular weight excluding hydrogens is 625 g/mol. The van der Waals surface area contributed by atoms with E-state index in [0.29, 0.717) is 18.6 Å². The Morgan fingerprint density at radius 2 is 1.71 bits per heavy atom. The minimum Gasteiger partial charge on any atom is -0.497 e. The third kappa shape index (κ3) is 9.46. The number of methoxy groups -OCH3 is 1. The van der Waals surface area contributed by atoms with Gasteiger partial charge in [0, 0.05) is 35.0 Å². The van der Waals surface area contributed by atoms with Crippen molar-refractivity contribution in [2.75, 3.05) is 7.11 Å². The zero-order valence-electron chi connectivity index (χ0n) is 27.0. The third-order valence-corrected chi connectivity index (χ3v) is 8.07. The van der Waals surface area contributed by atoms with E-state index in [0.717, 1.165) is 70.7 Å². The summed E-state index contributed by atoms with van der Waals surface area (Å²) in [5.41, 5.74) is 4.88. The number of hydrogen-bond acceptors (Lipinski definition) is 5. The largest absolute Gasteiger partial charge is 0.497 e. The van der Waals surface area contributed by atoms with Crippen LogP contribution in [0.5, 0.6) is 5.75 Å². The number of aryl methyl sites for hydroxylation is 1. The molecule has 9 nitrogen and oxygen atoms in total. The maximum Gasteiger partial charge on any atom is 0.490 e. The Morgan fingerprint density at radius 1 is 0.979 bits per heavy atom. The number of imidazole rings is 1. The fourth-order valence-electron chi connectivity index (χ4n) is 5.44. The average molecular weight is 665 g/mol. The summed E-state index contributed by atoms with van der Waals surface area (Å²) in [6, 6.07) is 20.2. The van der Waals surface area contributed by atoms with Gasteiger partial charge in [-0.1, -0.05) is 56.2 Å². The van der Waals surface area contributed by atoms with Crippen molar-refractivity contribution in [1.82, 2.24) is 20.3 Å². The second-order valence-electron chi connectivity index (χ2n) is 11.5. The molecule has 5 aromatic rings. The zero-order valence-corrected chi connectivity index (χ0v) is 27.0. The Kier molecular flexibility index (Phi) is 12.0. The van der Waals surface area contributed by atoms with E-state index >= 15 is 0 Å². The molecule has 48 heavy (non-hydrogen) atoms. The molecule has 0 bridgehead atoms. The summed E-state index contributed by atoms with van der Waals surface area (Å²) in [4.78, 5) is 45.6. The number of ether oxygens (including phenoxy) is 1. The molecule has 0 unspecified atom stereocenters. The molecule has 2 aromatic heterocycles. The van der Waals surface area contributed by atoms with Crippen LogP contribution in [0.3, 0.4) is 0 Å². The molecule has 5 rings (SSSR count). The molecule has 1 amide bonds. The van der Waals surface area contributed by atoms with Gasteiger partial charge in [-0.2, -0.15) is 13.2 Å². The highest BCUT2D eigenvalue weighted by molar-refractivity contribution is 5.91. The third-order valence-electron chi connectivity index (χ3n) is 8.07.